The van der Waals surface area contributed by atoms with E-state index in [4.69, 9.17) is 26.0 Å². The zero-order valence-electron chi connectivity index (χ0n) is 8.59. The lowest BCUT2D eigenvalue weighted by Crippen LogP contribution is -2.03. The van der Waals surface area contributed by atoms with Crippen LogP contribution in [0.3, 0.4) is 0 Å². The fourth-order valence-electron chi connectivity index (χ4n) is 1.30. The van der Waals surface area contributed by atoms with Gasteiger partial charge < -0.3 is 14.4 Å². The van der Waals surface area contributed by atoms with E-state index in [1.807, 2.05) is 0 Å². The van der Waals surface area contributed by atoms with Crippen molar-refractivity contribution in [1.29, 1.82) is 0 Å². The molecule has 2 aromatic rings. The van der Waals surface area contributed by atoms with Gasteiger partial charge in [-0.25, -0.2) is 4.79 Å². The molecule has 1 N–H and O–H groups in total. The van der Waals surface area contributed by atoms with Gasteiger partial charge in [-0.1, -0.05) is 22.8 Å². The number of hydrogen-bond acceptors (Lipinski definition) is 4. The van der Waals surface area contributed by atoms with Gasteiger partial charge in [0.05, 0.1) is 11.2 Å². The molecule has 0 saturated carbocycles. The molecule has 5 nitrogen and oxygen atoms in total. The van der Waals surface area contributed by atoms with Crippen molar-refractivity contribution in [3.05, 3.63) is 46.8 Å². The Balaban J connectivity index is 2.21. The van der Waals surface area contributed by atoms with Crippen molar-refractivity contribution in [2.24, 2.45) is 0 Å². The fourth-order valence-corrected chi connectivity index (χ4v) is 1.54. The van der Waals surface area contributed by atoms with Crippen LogP contribution in [-0.2, 0) is 6.61 Å². The molecule has 0 atom stereocenters. The lowest BCUT2D eigenvalue weighted by molar-refractivity contribution is 0.0691. The van der Waals surface area contributed by atoms with Crippen molar-refractivity contribution in [2.75, 3.05) is 0 Å². The Morgan fingerprint density at radius 2 is 2.29 bits per heavy atom. The molecule has 6 heteroatoms. The first kappa shape index (κ1) is 11.5. The molecular weight excluding hydrogens is 246 g/mol. The number of benzene rings is 1. The zero-order valence-corrected chi connectivity index (χ0v) is 9.35. The van der Waals surface area contributed by atoms with E-state index < -0.39 is 5.97 Å². The highest BCUT2D eigenvalue weighted by atomic mass is 35.5. The van der Waals surface area contributed by atoms with Gasteiger partial charge in [0.15, 0.2) is 5.76 Å². The van der Waals surface area contributed by atoms with Crippen molar-refractivity contribution < 1.29 is 19.2 Å². The minimum atomic E-state index is -1.14. The smallest absolute Gasteiger partial charge is 0.341 e. The summed E-state index contributed by atoms with van der Waals surface area (Å²) in [6.45, 7) is 0.0978. The van der Waals surface area contributed by atoms with Crippen molar-refractivity contribution in [3.8, 4) is 5.75 Å². The highest BCUT2D eigenvalue weighted by Gasteiger charge is 2.15. The summed E-state index contributed by atoms with van der Waals surface area (Å²) >= 11 is 5.79. The van der Waals surface area contributed by atoms with Crippen LogP contribution in [0.5, 0.6) is 5.75 Å². The van der Waals surface area contributed by atoms with Crippen LogP contribution >= 0.6 is 11.6 Å². The van der Waals surface area contributed by atoms with Crippen molar-refractivity contribution in [2.45, 2.75) is 6.61 Å². The Morgan fingerprint density at radius 1 is 1.47 bits per heavy atom. The number of aromatic carboxylic acids is 1. The number of rotatable bonds is 4. The van der Waals surface area contributed by atoms with E-state index in [1.54, 1.807) is 12.1 Å². The molecule has 0 fully saturated rings. The molecule has 0 bridgehead atoms. The molecular formula is C11H8ClNO4. The maximum atomic E-state index is 11.0. The lowest BCUT2D eigenvalue weighted by atomic mass is 10.2. The van der Waals surface area contributed by atoms with Gasteiger partial charge in [-0.05, 0) is 12.1 Å². The first-order valence-corrected chi connectivity index (χ1v) is 5.10. The van der Waals surface area contributed by atoms with Crippen molar-refractivity contribution in [3.63, 3.8) is 0 Å². The van der Waals surface area contributed by atoms with Crippen molar-refractivity contribution >= 4 is 17.6 Å². The Labute approximate surface area is 102 Å². The number of aromatic nitrogens is 1. The number of carbonyl (C=O) groups is 1. The number of halogens is 1. The molecule has 88 valence electrons. The standard InChI is InChI=1S/C11H8ClNO4/c12-8-2-1-3-9(10(8)11(14)15)16-6-7-4-5-13-17-7/h1-5H,6H2,(H,14,15). The van der Waals surface area contributed by atoms with Crippen LogP contribution < -0.4 is 4.74 Å². The predicted molar refractivity (Wildman–Crippen MR) is 59.2 cm³/mol. The number of hydrogen-bond donors (Lipinski definition) is 1. The van der Waals surface area contributed by atoms with Crippen LogP contribution in [0.15, 0.2) is 35.0 Å². The van der Waals surface area contributed by atoms with Gasteiger partial charge in [-0.15, -0.1) is 0 Å². The second-order valence-corrected chi connectivity index (χ2v) is 3.59. The third-order valence-electron chi connectivity index (χ3n) is 2.05. The van der Waals surface area contributed by atoms with Crippen LogP contribution in [0.2, 0.25) is 5.02 Å². The Hall–Kier alpha value is -2.01. The van der Waals surface area contributed by atoms with E-state index in [-0.39, 0.29) is 22.9 Å². The van der Waals surface area contributed by atoms with E-state index >= 15 is 0 Å². The molecule has 0 saturated heterocycles. The van der Waals surface area contributed by atoms with Crippen molar-refractivity contribution in [1.82, 2.24) is 5.16 Å². The Morgan fingerprint density at radius 3 is 2.94 bits per heavy atom. The second-order valence-electron chi connectivity index (χ2n) is 3.19. The summed E-state index contributed by atoms with van der Waals surface area (Å²) in [5, 5.41) is 12.6. The summed E-state index contributed by atoms with van der Waals surface area (Å²) in [7, 11) is 0. The normalized spacial score (nSPS) is 10.2. The second kappa shape index (κ2) is 4.88. The summed E-state index contributed by atoms with van der Waals surface area (Å²) in [5.41, 5.74) is -0.0614. The lowest BCUT2D eigenvalue weighted by Gasteiger charge is -2.08. The van der Waals surface area contributed by atoms with E-state index in [0.29, 0.717) is 5.76 Å². The average molecular weight is 254 g/mol. The Bertz CT molecular complexity index is 524. The van der Waals surface area contributed by atoms with Gasteiger partial charge in [0.1, 0.15) is 17.9 Å². The highest BCUT2D eigenvalue weighted by Crippen LogP contribution is 2.26. The predicted octanol–water partition coefficient (Wildman–Crippen LogP) is 2.61. The number of carboxylic acids is 1. The maximum absolute atomic E-state index is 11.0. The fraction of sp³-hybridized carbons (Fsp3) is 0.0909. The molecule has 17 heavy (non-hydrogen) atoms. The Kier molecular flexibility index (Phi) is 3.30. The number of carboxylic acid groups (broad SMARTS) is 1. The molecule has 0 aliphatic rings. The van der Waals surface area contributed by atoms with E-state index in [2.05, 4.69) is 5.16 Å². The highest BCUT2D eigenvalue weighted by molar-refractivity contribution is 6.33. The van der Waals surface area contributed by atoms with E-state index in [9.17, 15) is 4.79 Å². The third kappa shape index (κ3) is 2.57. The third-order valence-corrected chi connectivity index (χ3v) is 2.37. The van der Waals surface area contributed by atoms with Gasteiger partial charge in [0.2, 0.25) is 0 Å². The first-order valence-electron chi connectivity index (χ1n) is 4.72. The topological polar surface area (TPSA) is 72.6 Å². The SMILES string of the molecule is O=C(O)c1c(Cl)cccc1OCc1ccno1. The molecule has 2 rings (SSSR count). The van der Waals surface area contributed by atoms with E-state index in [1.165, 1.54) is 18.3 Å². The molecule has 0 radical (unpaired) electrons. The summed E-state index contributed by atoms with van der Waals surface area (Å²) in [6.07, 6.45) is 1.48. The minimum absolute atomic E-state index is 0.0614. The van der Waals surface area contributed by atoms with E-state index in [0.717, 1.165) is 0 Å². The van der Waals surface area contributed by atoms with Gasteiger partial charge >= 0.3 is 5.97 Å². The number of ether oxygens (including phenoxy) is 1. The monoisotopic (exact) mass is 253 g/mol. The summed E-state index contributed by atoms with van der Waals surface area (Å²) in [5.74, 6) is -0.439. The van der Waals surface area contributed by atoms with Crippen LogP contribution in [-0.4, -0.2) is 16.2 Å². The quantitative estimate of drug-likeness (QED) is 0.907. The van der Waals surface area contributed by atoms with Crippen LogP contribution in [0.1, 0.15) is 16.1 Å². The van der Waals surface area contributed by atoms with Crippen LogP contribution in [0.25, 0.3) is 0 Å². The van der Waals surface area contributed by atoms with Gasteiger partial charge in [0, 0.05) is 6.07 Å². The molecule has 0 amide bonds. The summed E-state index contributed by atoms with van der Waals surface area (Å²) in [6, 6.07) is 6.27. The van der Waals surface area contributed by atoms with Gasteiger partial charge in [-0.2, -0.15) is 0 Å². The first-order chi connectivity index (χ1) is 8.18. The molecule has 0 unspecified atom stereocenters. The largest absolute Gasteiger partial charge is 0.485 e. The van der Waals surface area contributed by atoms with Crippen LogP contribution in [0.4, 0.5) is 0 Å². The minimum Gasteiger partial charge on any atom is -0.485 e. The molecule has 1 heterocycles. The molecule has 0 aliphatic heterocycles. The molecule has 0 spiro atoms. The van der Waals surface area contributed by atoms with Gasteiger partial charge in [-0.3, -0.25) is 0 Å². The molecule has 1 aromatic heterocycles. The van der Waals surface area contributed by atoms with Gasteiger partial charge in [0.25, 0.3) is 0 Å². The maximum Gasteiger partial charge on any atom is 0.341 e. The molecule has 1 aromatic carbocycles. The molecule has 0 aliphatic carbocycles. The number of nitrogens with zero attached hydrogens (tertiary/aromatic N) is 1. The average Bonchev–Trinajstić information content (AvgIpc) is 2.78. The summed E-state index contributed by atoms with van der Waals surface area (Å²) in [4.78, 5) is 11.0. The van der Waals surface area contributed by atoms with Crippen LogP contribution in [0, 0.1) is 0 Å². The summed E-state index contributed by atoms with van der Waals surface area (Å²) < 4.78 is 10.2. The zero-order chi connectivity index (χ0) is 12.3.